The van der Waals surface area contributed by atoms with Gasteiger partial charge in [-0.15, -0.1) is 0 Å². The quantitative estimate of drug-likeness (QED) is 0.677. The molecule has 1 saturated carbocycles. The Labute approximate surface area is 79.2 Å². The lowest BCUT2D eigenvalue weighted by atomic mass is 10.3. The summed E-state index contributed by atoms with van der Waals surface area (Å²) in [6, 6.07) is 1.81. The molecule has 1 rings (SSSR count). The molecular weight excluding hydrogens is 188 g/mol. The Morgan fingerprint density at radius 2 is 2.00 bits per heavy atom. The first-order valence-corrected chi connectivity index (χ1v) is 6.01. The van der Waals surface area contributed by atoms with Crippen LogP contribution in [0.5, 0.6) is 0 Å². The smallest absolute Gasteiger partial charge is 0.211 e. The van der Waals surface area contributed by atoms with Gasteiger partial charge in [0.05, 0.1) is 6.07 Å². The minimum atomic E-state index is -3.32. The van der Waals surface area contributed by atoms with E-state index in [1.54, 1.807) is 13.1 Å². The minimum Gasteiger partial charge on any atom is -0.211 e. The Kier molecular flexibility index (Phi) is 3.28. The van der Waals surface area contributed by atoms with E-state index in [2.05, 4.69) is 0 Å². The Morgan fingerprint density at radius 1 is 1.46 bits per heavy atom. The molecule has 1 aliphatic carbocycles. The van der Waals surface area contributed by atoms with Gasteiger partial charge in [-0.3, -0.25) is 0 Å². The van der Waals surface area contributed by atoms with Gasteiger partial charge in [0.15, 0.2) is 5.75 Å². The summed E-state index contributed by atoms with van der Waals surface area (Å²) in [5.41, 5.74) is 0. The summed E-state index contributed by atoms with van der Waals surface area (Å²) >= 11 is 0. The molecule has 0 bridgehead atoms. The van der Waals surface area contributed by atoms with E-state index in [1.807, 2.05) is 0 Å². The zero-order valence-corrected chi connectivity index (χ0v) is 8.55. The Hall–Kier alpha value is -0.600. The molecule has 0 saturated heterocycles. The molecule has 0 atom stereocenters. The Morgan fingerprint density at radius 3 is 2.46 bits per heavy atom. The molecule has 4 nitrogen and oxygen atoms in total. The topological polar surface area (TPSA) is 61.2 Å². The van der Waals surface area contributed by atoms with E-state index in [9.17, 15) is 8.42 Å². The van der Waals surface area contributed by atoms with Crippen molar-refractivity contribution in [3.63, 3.8) is 0 Å². The molecule has 0 aromatic heterocycles. The lowest BCUT2D eigenvalue weighted by Gasteiger charge is -2.21. The summed E-state index contributed by atoms with van der Waals surface area (Å²) in [6.45, 7) is 0. The van der Waals surface area contributed by atoms with Crippen LogP contribution in [-0.2, 0) is 10.0 Å². The first kappa shape index (κ1) is 10.5. The fraction of sp³-hybridized carbons (Fsp3) is 0.875. The van der Waals surface area contributed by atoms with Gasteiger partial charge in [-0.25, -0.2) is 12.7 Å². The van der Waals surface area contributed by atoms with Gasteiger partial charge in [-0.1, -0.05) is 12.8 Å². The van der Waals surface area contributed by atoms with Crippen LogP contribution in [0.25, 0.3) is 0 Å². The van der Waals surface area contributed by atoms with Crippen molar-refractivity contribution in [2.24, 2.45) is 0 Å². The standard InChI is InChI=1S/C8H14N2O2S/c1-10(8-4-2-3-5-8)13(11,12)7-6-9/h8H,2-5,7H2,1H3. The van der Waals surface area contributed by atoms with Gasteiger partial charge >= 0.3 is 0 Å². The number of nitrogens with zero attached hydrogens (tertiary/aromatic N) is 2. The lowest BCUT2D eigenvalue weighted by Crippen LogP contribution is -2.36. The zero-order valence-electron chi connectivity index (χ0n) is 7.73. The number of hydrogen-bond donors (Lipinski definition) is 0. The van der Waals surface area contributed by atoms with Gasteiger partial charge in [-0.05, 0) is 12.8 Å². The second kappa shape index (κ2) is 4.07. The highest BCUT2D eigenvalue weighted by molar-refractivity contribution is 7.89. The molecule has 0 amide bonds. The minimum absolute atomic E-state index is 0.123. The number of rotatable bonds is 3. The second-order valence-electron chi connectivity index (χ2n) is 3.37. The SMILES string of the molecule is CN(C1CCCC1)S(=O)(=O)CC#N. The van der Waals surface area contributed by atoms with E-state index in [1.165, 1.54) is 4.31 Å². The molecule has 13 heavy (non-hydrogen) atoms. The van der Waals surface area contributed by atoms with E-state index in [4.69, 9.17) is 5.26 Å². The van der Waals surface area contributed by atoms with E-state index in [0.29, 0.717) is 0 Å². The highest BCUT2D eigenvalue weighted by Gasteiger charge is 2.28. The molecule has 0 radical (unpaired) electrons. The van der Waals surface area contributed by atoms with Gasteiger partial charge < -0.3 is 0 Å². The predicted octanol–water partition coefficient (Wildman–Crippen LogP) is 0.714. The predicted molar refractivity (Wildman–Crippen MR) is 49.4 cm³/mol. The van der Waals surface area contributed by atoms with Crippen LogP contribution in [0.2, 0.25) is 0 Å². The van der Waals surface area contributed by atoms with Gasteiger partial charge in [0.25, 0.3) is 0 Å². The summed E-state index contributed by atoms with van der Waals surface area (Å²) in [7, 11) is -1.75. The highest BCUT2D eigenvalue weighted by Crippen LogP contribution is 2.24. The summed E-state index contributed by atoms with van der Waals surface area (Å²) in [4.78, 5) is 0. The number of nitriles is 1. The number of hydrogen-bond acceptors (Lipinski definition) is 3. The second-order valence-corrected chi connectivity index (χ2v) is 5.40. The molecule has 74 valence electrons. The summed E-state index contributed by atoms with van der Waals surface area (Å²) in [6.07, 6.45) is 4.05. The maximum atomic E-state index is 11.4. The molecule has 1 fully saturated rings. The maximum Gasteiger partial charge on any atom is 0.227 e. The lowest BCUT2D eigenvalue weighted by molar-refractivity contribution is 0.374. The van der Waals surface area contributed by atoms with Crippen LogP contribution >= 0.6 is 0 Å². The molecule has 0 aromatic rings. The monoisotopic (exact) mass is 202 g/mol. The van der Waals surface area contributed by atoms with Crippen LogP contribution < -0.4 is 0 Å². The Balaban J connectivity index is 2.66. The molecule has 0 aliphatic heterocycles. The van der Waals surface area contributed by atoms with Gasteiger partial charge in [0, 0.05) is 13.1 Å². The van der Waals surface area contributed by atoms with Crippen molar-refractivity contribution >= 4 is 10.0 Å². The van der Waals surface area contributed by atoms with Gasteiger partial charge in [0.2, 0.25) is 10.0 Å². The zero-order chi connectivity index (χ0) is 9.90. The third kappa shape index (κ3) is 2.42. The van der Waals surface area contributed by atoms with Gasteiger partial charge in [0.1, 0.15) is 0 Å². The third-order valence-corrected chi connectivity index (χ3v) is 4.19. The van der Waals surface area contributed by atoms with Crippen molar-refractivity contribution < 1.29 is 8.42 Å². The van der Waals surface area contributed by atoms with E-state index >= 15 is 0 Å². The van der Waals surface area contributed by atoms with Crippen molar-refractivity contribution in [1.82, 2.24) is 4.31 Å². The van der Waals surface area contributed by atoms with Crippen molar-refractivity contribution in [2.75, 3.05) is 12.8 Å². The summed E-state index contributed by atoms with van der Waals surface area (Å²) < 4.78 is 24.2. The first-order valence-electron chi connectivity index (χ1n) is 4.40. The van der Waals surface area contributed by atoms with Crippen molar-refractivity contribution in [3.05, 3.63) is 0 Å². The molecule has 0 spiro atoms. The third-order valence-electron chi connectivity index (χ3n) is 2.52. The molecule has 0 heterocycles. The Bertz CT molecular complexity index is 299. The highest BCUT2D eigenvalue weighted by atomic mass is 32.2. The molecule has 5 heteroatoms. The first-order chi connectivity index (χ1) is 6.08. The van der Waals surface area contributed by atoms with Crippen LogP contribution in [0, 0.1) is 11.3 Å². The largest absolute Gasteiger partial charge is 0.227 e. The van der Waals surface area contributed by atoms with Gasteiger partial charge in [-0.2, -0.15) is 5.26 Å². The average Bonchev–Trinajstić information content (AvgIpc) is 2.54. The maximum absolute atomic E-state index is 11.4. The van der Waals surface area contributed by atoms with Crippen LogP contribution in [0.1, 0.15) is 25.7 Å². The average molecular weight is 202 g/mol. The summed E-state index contributed by atoms with van der Waals surface area (Å²) in [5, 5.41) is 8.34. The van der Waals surface area contributed by atoms with Crippen LogP contribution in [0.3, 0.4) is 0 Å². The molecular formula is C8H14N2O2S. The van der Waals surface area contributed by atoms with Crippen molar-refractivity contribution in [1.29, 1.82) is 5.26 Å². The van der Waals surface area contributed by atoms with E-state index in [0.717, 1.165) is 25.7 Å². The molecule has 0 aromatic carbocycles. The fourth-order valence-corrected chi connectivity index (χ4v) is 2.71. The van der Waals surface area contributed by atoms with Crippen molar-refractivity contribution in [2.45, 2.75) is 31.7 Å². The number of sulfonamides is 1. The van der Waals surface area contributed by atoms with Crippen LogP contribution in [0.4, 0.5) is 0 Å². The van der Waals surface area contributed by atoms with Crippen LogP contribution in [-0.4, -0.2) is 31.6 Å². The van der Waals surface area contributed by atoms with Crippen LogP contribution in [0.15, 0.2) is 0 Å². The van der Waals surface area contributed by atoms with E-state index in [-0.39, 0.29) is 6.04 Å². The normalized spacial score (nSPS) is 19.2. The molecule has 0 unspecified atom stereocenters. The van der Waals surface area contributed by atoms with E-state index < -0.39 is 15.8 Å². The molecule has 0 N–H and O–H groups in total. The van der Waals surface area contributed by atoms with Crippen molar-refractivity contribution in [3.8, 4) is 6.07 Å². The fourth-order valence-electron chi connectivity index (χ4n) is 1.68. The molecule has 1 aliphatic rings. The summed E-state index contributed by atoms with van der Waals surface area (Å²) in [5.74, 6) is -0.403.